The van der Waals surface area contributed by atoms with Gasteiger partial charge >= 0.3 is 0 Å². The highest BCUT2D eigenvalue weighted by Gasteiger charge is 2.39. The van der Waals surface area contributed by atoms with E-state index >= 15 is 0 Å². The van der Waals surface area contributed by atoms with Crippen LogP contribution < -0.4 is 14.2 Å². The number of rotatable bonds is 17. The van der Waals surface area contributed by atoms with Crippen LogP contribution >= 0.6 is 112 Å². The van der Waals surface area contributed by atoms with Gasteiger partial charge in [-0.25, -0.2) is 0 Å². The minimum Gasteiger partial charge on any atom is -0.489 e. The Morgan fingerprint density at radius 1 is 0.673 bits per heavy atom. The molecule has 0 radical (unpaired) electrons. The summed E-state index contributed by atoms with van der Waals surface area (Å²) in [6, 6.07) is 12.4. The Hall–Kier alpha value is 0.340. The van der Waals surface area contributed by atoms with E-state index in [9.17, 15) is 5.11 Å². The Kier molecular flexibility index (Phi) is 15.2. The van der Waals surface area contributed by atoms with Crippen molar-refractivity contribution in [2.75, 3.05) is 13.2 Å². The minimum absolute atomic E-state index is 0.110. The van der Waals surface area contributed by atoms with Crippen molar-refractivity contribution >= 4 is 112 Å². The number of benzene rings is 3. The van der Waals surface area contributed by atoms with Crippen molar-refractivity contribution < 1.29 is 24.1 Å². The molecular weight excluding hydrogens is 1080 g/mol. The molecule has 0 aliphatic carbocycles. The first-order valence-corrected chi connectivity index (χ1v) is 22.0. The minimum atomic E-state index is -0.755. The molecule has 1 aliphatic heterocycles. The molecule has 0 bridgehead atoms. The maximum absolute atomic E-state index is 11.2. The third-order valence-corrected chi connectivity index (χ3v) is 13.6. The SMILES string of the molecule is CCC(CC)(CC(O)COc1c(Br)cc(C(C)(C)c2cc(Br)c(OC(CC)(CC)CC3CO3)c(Br)c2)cc1Br)Oc1c(Br)cc(Br)cc1Br. The van der Waals surface area contributed by atoms with Gasteiger partial charge in [-0.2, -0.15) is 0 Å². The molecule has 0 amide bonds. The fourth-order valence-corrected chi connectivity index (χ4v) is 11.2. The summed E-state index contributed by atoms with van der Waals surface area (Å²) in [5.41, 5.74) is 0.982. The molecule has 2 atom stereocenters. The number of halogens is 7. The van der Waals surface area contributed by atoms with Crippen LogP contribution in [0, 0.1) is 0 Å². The van der Waals surface area contributed by atoms with Gasteiger partial charge in [-0.1, -0.05) is 57.5 Å². The summed E-state index contributed by atoms with van der Waals surface area (Å²) in [6.45, 7) is 13.8. The molecule has 1 aliphatic rings. The lowest BCUT2D eigenvalue weighted by Gasteiger charge is -2.35. The zero-order valence-corrected chi connectivity index (χ0v) is 39.6. The van der Waals surface area contributed by atoms with Crippen LogP contribution in [0.4, 0.5) is 0 Å². The molecule has 0 saturated carbocycles. The van der Waals surface area contributed by atoms with Gasteiger partial charge in [0.2, 0.25) is 0 Å². The van der Waals surface area contributed by atoms with Crippen molar-refractivity contribution in [2.24, 2.45) is 0 Å². The monoisotopic (exact) mass is 1120 g/mol. The number of ether oxygens (including phenoxy) is 4. The summed E-state index contributed by atoms with van der Waals surface area (Å²) in [6.07, 6.45) is 4.06. The second kappa shape index (κ2) is 17.7. The first-order valence-electron chi connectivity index (χ1n) is 16.5. The topological polar surface area (TPSA) is 60.5 Å². The highest BCUT2D eigenvalue weighted by molar-refractivity contribution is 9.12. The standard InChI is InChI=1S/C37H43Br7O5/c1-7-36(8-2,48-34-30(43)15-23(38)16-31(34)44)17-24(45)19-47-32-26(39)11-21(12-27(32)40)35(5,6)22-13-28(41)33(29(42)14-22)49-37(9-3,10-4)18-25-20-46-25/h11-16,24-25,45H,7-10,17-20H2,1-6H3. The zero-order chi connectivity index (χ0) is 36.3. The van der Waals surface area contributed by atoms with E-state index < -0.39 is 11.7 Å². The van der Waals surface area contributed by atoms with E-state index in [1.807, 2.05) is 12.1 Å². The second-order valence-electron chi connectivity index (χ2n) is 13.2. The summed E-state index contributed by atoms with van der Waals surface area (Å²) < 4.78 is 31.1. The molecule has 3 aromatic rings. The molecule has 1 fully saturated rings. The second-order valence-corrected chi connectivity index (χ2v) is 19.2. The van der Waals surface area contributed by atoms with Gasteiger partial charge in [-0.05, 0) is 169 Å². The molecule has 270 valence electrons. The van der Waals surface area contributed by atoms with Crippen LogP contribution in [0.1, 0.15) is 91.2 Å². The zero-order valence-electron chi connectivity index (χ0n) is 28.5. The summed E-state index contributed by atoms with van der Waals surface area (Å²) >= 11 is 25.9. The highest BCUT2D eigenvalue weighted by atomic mass is 79.9. The molecular formula is C37H43Br7O5. The molecule has 12 heteroatoms. The third-order valence-electron chi connectivity index (χ3n) is 9.65. The molecule has 2 unspecified atom stereocenters. The van der Waals surface area contributed by atoms with Crippen molar-refractivity contribution in [3.05, 3.63) is 78.8 Å². The Balaban J connectivity index is 1.50. The molecule has 4 rings (SSSR count). The molecule has 49 heavy (non-hydrogen) atoms. The van der Waals surface area contributed by atoms with E-state index in [0.29, 0.717) is 17.9 Å². The summed E-state index contributed by atoms with van der Waals surface area (Å²) in [5.74, 6) is 2.16. The molecule has 0 aromatic heterocycles. The van der Waals surface area contributed by atoms with Gasteiger partial charge in [0.05, 0.1) is 45.7 Å². The van der Waals surface area contributed by atoms with Crippen LogP contribution in [-0.2, 0) is 10.2 Å². The predicted octanol–water partition coefficient (Wildman–Crippen LogP) is 13.8. The van der Waals surface area contributed by atoms with Crippen LogP contribution in [0.15, 0.2) is 67.7 Å². The Bertz CT molecular complexity index is 1550. The van der Waals surface area contributed by atoms with Crippen LogP contribution in [-0.4, -0.2) is 41.7 Å². The molecule has 5 nitrogen and oxygen atoms in total. The van der Waals surface area contributed by atoms with Crippen molar-refractivity contribution in [2.45, 2.75) is 109 Å². The van der Waals surface area contributed by atoms with E-state index in [1.165, 1.54) is 0 Å². The largest absolute Gasteiger partial charge is 0.489 e. The van der Waals surface area contributed by atoms with Crippen molar-refractivity contribution in [3.8, 4) is 17.2 Å². The van der Waals surface area contributed by atoms with Crippen LogP contribution in [0.5, 0.6) is 17.2 Å². The first-order chi connectivity index (χ1) is 23.0. The van der Waals surface area contributed by atoms with Crippen LogP contribution in [0.25, 0.3) is 0 Å². The number of aliphatic hydroxyl groups excluding tert-OH is 1. The van der Waals surface area contributed by atoms with Gasteiger partial charge in [0.1, 0.15) is 35.1 Å². The average Bonchev–Trinajstić information content (AvgIpc) is 3.86. The average molecular weight is 1130 g/mol. The quantitative estimate of drug-likeness (QED) is 0.137. The van der Waals surface area contributed by atoms with E-state index in [2.05, 4.69) is 177 Å². The fraction of sp³-hybridized carbons (Fsp3) is 0.514. The predicted molar refractivity (Wildman–Crippen MR) is 224 cm³/mol. The Labute approximate surface area is 350 Å². The smallest absolute Gasteiger partial charge is 0.148 e. The van der Waals surface area contributed by atoms with E-state index in [1.54, 1.807) is 0 Å². The highest BCUT2D eigenvalue weighted by Crippen LogP contribution is 2.46. The van der Waals surface area contributed by atoms with Gasteiger partial charge in [0, 0.05) is 22.7 Å². The van der Waals surface area contributed by atoms with Gasteiger partial charge in [0.25, 0.3) is 0 Å². The lowest BCUT2D eigenvalue weighted by molar-refractivity contribution is -0.0109. The summed E-state index contributed by atoms with van der Waals surface area (Å²) in [7, 11) is 0. The lowest BCUT2D eigenvalue weighted by atomic mass is 9.78. The normalized spacial score (nSPS) is 15.7. The van der Waals surface area contributed by atoms with E-state index in [4.69, 9.17) is 18.9 Å². The van der Waals surface area contributed by atoms with Crippen LogP contribution in [0.2, 0.25) is 0 Å². The molecule has 1 N–H and O–H groups in total. The maximum Gasteiger partial charge on any atom is 0.148 e. The summed E-state index contributed by atoms with van der Waals surface area (Å²) in [4.78, 5) is 0. The van der Waals surface area contributed by atoms with Gasteiger partial charge in [-0.3, -0.25) is 0 Å². The van der Waals surface area contributed by atoms with Gasteiger partial charge in [-0.15, -0.1) is 0 Å². The molecule has 0 spiro atoms. The molecule has 1 heterocycles. The van der Waals surface area contributed by atoms with Crippen molar-refractivity contribution in [1.82, 2.24) is 0 Å². The number of hydrogen-bond acceptors (Lipinski definition) is 5. The van der Waals surface area contributed by atoms with E-state index in [-0.39, 0.29) is 23.7 Å². The summed E-state index contributed by atoms with van der Waals surface area (Å²) in [5, 5.41) is 11.2. The third kappa shape index (κ3) is 10.3. The Morgan fingerprint density at radius 2 is 1.06 bits per heavy atom. The van der Waals surface area contributed by atoms with Gasteiger partial charge in [0.15, 0.2) is 0 Å². The van der Waals surface area contributed by atoms with Crippen LogP contribution in [0.3, 0.4) is 0 Å². The molecule has 3 aromatic carbocycles. The van der Waals surface area contributed by atoms with E-state index in [0.717, 1.165) is 86.9 Å². The first kappa shape index (κ1) is 42.1. The fourth-order valence-electron chi connectivity index (χ4n) is 6.02. The molecule has 1 saturated heterocycles. The van der Waals surface area contributed by atoms with Crippen molar-refractivity contribution in [1.29, 1.82) is 0 Å². The Morgan fingerprint density at radius 3 is 1.47 bits per heavy atom. The number of aliphatic hydroxyl groups is 1. The van der Waals surface area contributed by atoms with Crippen molar-refractivity contribution in [3.63, 3.8) is 0 Å². The lowest BCUT2D eigenvalue weighted by Crippen LogP contribution is -2.40. The number of hydrogen-bond donors (Lipinski definition) is 1. The number of epoxide rings is 1. The van der Waals surface area contributed by atoms with Gasteiger partial charge < -0.3 is 24.1 Å². The maximum atomic E-state index is 11.2.